The van der Waals surface area contributed by atoms with Crippen LogP contribution in [0.3, 0.4) is 0 Å². The van der Waals surface area contributed by atoms with E-state index in [0.29, 0.717) is 5.09 Å². The standard InChI is InChI=1S/C8H6N2O3S3/c1-14-7-9-10-8(16-7)15-5-3-2-4(13-5)6(11)12/h2-3H,1H3,(H,11,12). The lowest BCUT2D eigenvalue weighted by atomic mass is 10.5. The van der Waals surface area contributed by atoms with Gasteiger partial charge in [-0.25, -0.2) is 4.79 Å². The van der Waals surface area contributed by atoms with Gasteiger partial charge in [-0.1, -0.05) is 23.1 Å². The van der Waals surface area contributed by atoms with Gasteiger partial charge < -0.3 is 9.52 Å². The summed E-state index contributed by atoms with van der Waals surface area (Å²) in [6.07, 6.45) is 1.92. The molecule has 0 aromatic carbocycles. The summed E-state index contributed by atoms with van der Waals surface area (Å²) in [5.41, 5.74) is 0. The van der Waals surface area contributed by atoms with E-state index in [-0.39, 0.29) is 5.76 Å². The van der Waals surface area contributed by atoms with Crippen LogP contribution in [0.4, 0.5) is 0 Å². The molecule has 84 valence electrons. The van der Waals surface area contributed by atoms with E-state index in [1.54, 1.807) is 6.07 Å². The molecule has 0 aliphatic carbocycles. The Bertz CT molecular complexity index is 508. The number of carboxylic acid groups (broad SMARTS) is 1. The Hall–Kier alpha value is -0.990. The largest absolute Gasteiger partial charge is 0.475 e. The first-order valence-corrected chi connectivity index (χ1v) is 6.93. The topological polar surface area (TPSA) is 76.2 Å². The number of hydrogen-bond acceptors (Lipinski definition) is 7. The van der Waals surface area contributed by atoms with Gasteiger partial charge in [0.25, 0.3) is 0 Å². The molecule has 2 heterocycles. The van der Waals surface area contributed by atoms with Gasteiger partial charge in [0.1, 0.15) is 0 Å². The van der Waals surface area contributed by atoms with Crippen molar-refractivity contribution in [3.63, 3.8) is 0 Å². The van der Waals surface area contributed by atoms with E-state index in [9.17, 15) is 4.79 Å². The molecule has 5 nitrogen and oxygen atoms in total. The van der Waals surface area contributed by atoms with E-state index >= 15 is 0 Å². The second kappa shape index (κ2) is 4.89. The molecule has 2 aromatic heterocycles. The van der Waals surface area contributed by atoms with Crippen molar-refractivity contribution in [2.75, 3.05) is 6.26 Å². The van der Waals surface area contributed by atoms with Crippen molar-refractivity contribution in [2.45, 2.75) is 13.8 Å². The summed E-state index contributed by atoms with van der Waals surface area (Å²) in [5.74, 6) is -1.15. The van der Waals surface area contributed by atoms with Crippen LogP contribution in [-0.2, 0) is 0 Å². The van der Waals surface area contributed by atoms with Crippen LogP contribution in [0, 0.1) is 0 Å². The minimum Gasteiger partial charge on any atom is -0.475 e. The molecule has 0 spiro atoms. The maximum absolute atomic E-state index is 10.6. The van der Waals surface area contributed by atoms with Crippen LogP contribution in [0.25, 0.3) is 0 Å². The van der Waals surface area contributed by atoms with Crippen molar-refractivity contribution in [3.8, 4) is 0 Å². The molecule has 0 atom stereocenters. The number of aromatic carboxylic acids is 1. The Morgan fingerprint density at radius 1 is 1.44 bits per heavy atom. The molecule has 16 heavy (non-hydrogen) atoms. The molecular formula is C8H6N2O3S3. The SMILES string of the molecule is CSc1nnc(Sc2ccc(C(=O)O)o2)s1. The first kappa shape index (κ1) is 11.5. The molecule has 1 N–H and O–H groups in total. The normalized spacial score (nSPS) is 10.6. The van der Waals surface area contributed by atoms with Crippen LogP contribution in [0.5, 0.6) is 0 Å². The first-order chi connectivity index (χ1) is 7.69. The van der Waals surface area contributed by atoms with E-state index in [2.05, 4.69) is 10.2 Å². The number of aromatic nitrogens is 2. The Balaban J connectivity index is 2.11. The Labute approximate surface area is 103 Å². The van der Waals surface area contributed by atoms with Crippen LogP contribution in [0.1, 0.15) is 10.6 Å². The highest BCUT2D eigenvalue weighted by atomic mass is 32.2. The van der Waals surface area contributed by atoms with Crippen LogP contribution < -0.4 is 0 Å². The van der Waals surface area contributed by atoms with Gasteiger partial charge in [0.2, 0.25) is 5.76 Å². The number of carboxylic acids is 1. The first-order valence-electron chi connectivity index (χ1n) is 4.07. The fraction of sp³-hybridized carbons (Fsp3) is 0.125. The maximum atomic E-state index is 10.6. The monoisotopic (exact) mass is 274 g/mol. The third kappa shape index (κ3) is 2.57. The summed E-state index contributed by atoms with van der Waals surface area (Å²) in [6, 6.07) is 3.02. The molecule has 8 heteroatoms. The van der Waals surface area contributed by atoms with Gasteiger partial charge in [-0.05, 0) is 30.2 Å². The van der Waals surface area contributed by atoms with Crippen LogP contribution in [0.15, 0.2) is 30.3 Å². The van der Waals surface area contributed by atoms with Gasteiger partial charge in [-0.15, -0.1) is 10.2 Å². The van der Waals surface area contributed by atoms with Crippen LogP contribution >= 0.6 is 34.9 Å². The Kier molecular flexibility index (Phi) is 3.52. The lowest BCUT2D eigenvalue weighted by molar-refractivity contribution is 0.0656. The average molecular weight is 274 g/mol. The van der Waals surface area contributed by atoms with E-state index in [0.717, 1.165) is 8.68 Å². The van der Waals surface area contributed by atoms with E-state index in [1.165, 1.54) is 40.9 Å². The molecule has 0 fully saturated rings. The van der Waals surface area contributed by atoms with Crippen molar-refractivity contribution in [3.05, 3.63) is 17.9 Å². The van der Waals surface area contributed by atoms with Gasteiger partial charge in [0, 0.05) is 0 Å². The van der Waals surface area contributed by atoms with Crippen molar-refractivity contribution < 1.29 is 14.3 Å². The quantitative estimate of drug-likeness (QED) is 0.859. The zero-order valence-electron chi connectivity index (χ0n) is 8.04. The number of hydrogen-bond donors (Lipinski definition) is 1. The zero-order chi connectivity index (χ0) is 11.5. The average Bonchev–Trinajstić information content (AvgIpc) is 2.87. The van der Waals surface area contributed by atoms with Crippen LogP contribution in [0.2, 0.25) is 0 Å². The Morgan fingerprint density at radius 2 is 2.19 bits per heavy atom. The molecule has 0 bridgehead atoms. The van der Waals surface area contributed by atoms with E-state index in [4.69, 9.17) is 9.52 Å². The highest BCUT2D eigenvalue weighted by Crippen LogP contribution is 2.33. The van der Waals surface area contributed by atoms with Gasteiger partial charge in [0.05, 0.1) is 0 Å². The minimum atomic E-state index is -1.08. The highest BCUT2D eigenvalue weighted by molar-refractivity contribution is 8.02. The summed E-state index contributed by atoms with van der Waals surface area (Å²) in [6.45, 7) is 0. The van der Waals surface area contributed by atoms with Crippen molar-refractivity contribution >= 4 is 40.8 Å². The van der Waals surface area contributed by atoms with Gasteiger partial charge in [-0.2, -0.15) is 0 Å². The third-order valence-electron chi connectivity index (χ3n) is 1.54. The third-order valence-corrected chi connectivity index (χ3v) is 4.41. The van der Waals surface area contributed by atoms with Crippen molar-refractivity contribution in [1.82, 2.24) is 10.2 Å². The van der Waals surface area contributed by atoms with Gasteiger partial charge in [0.15, 0.2) is 13.8 Å². The summed E-state index contributed by atoms with van der Waals surface area (Å²) < 4.78 is 6.69. The van der Waals surface area contributed by atoms with Gasteiger partial charge in [-0.3, -0.25) is 0 Å². The number of nitrogens with zero attached hydrogens (tertiary/aromatic N) is 2. The summed E-state index contributed by atoms with van der Waals surface area (Å²) in [5, 5.41) is 17.0. The van der Waals surface area contributed by atoms with E-state index in [1.807, 2.05) is 6.26 Å². The number of carbonyl (C=O) groups is 1. The molecule has 0 unspecified atom stereocenters. The lowest BCUT2D eigenvalue weighted by Gasteiger charge is -1.89. The molecule has 0 radical (unpaired) electrons. The van der Waals surface area contributed by atoms with E-state index < -0.39 is 5.97 Å². The fourth-order valence-electron chi connectivity index (χ4n) is 0.897. The highest BCUT2D eigenvalue weighted by Gasteiger charge is 2.12. The van der Waals surface area contributed by atoms with Gasteiger partial charge >= 0.3 is 5.97 Å². The van der Waals surface area contributed by atoms with Crippen molar-refractivity contribution in [2.24, 2.45) is 0 Å². The molecule has 0 saturated heterocycles. The Morgan fingerprint density at radius 3 is 2.75 bits per heavy atom. The predicted octanol–water partition coefficient (Wildman–Crippen LogP) is 2.70. The molecule has 0 aliphatic heterocycles. The molecular weight excluding hydrogens is 268 g/mol. The molecule has 2 aromatic rings. The van der Waals surface area contributed by atoms with Crippen LogP contribution in [-0.4, -0.2) is 27.5 Å². The number of thioether (sulfide) groups is 1. The zero-order valence-corrected chi connectivity index (χ0v) is 10.5. The second-order valence-electron chi connectivity index (χ2n) is 2.56. The molecule has 0 amide bonds. The minimum absolute atomic E-state index is 0.0721. The van der Waals surface area contributed by atoms with Crippen molar-refractivity contribution in [1.29, 1.82) is 0 Å². The molecule has 0 saturated carbocycles. The maximum Gasteiger partial charge on any atom is 0.371 e. The lowest BCUT2D eigenvalue weighted by Crippen LogP contribution is -1.91. The predicted molar refractivity (Wildman–Crippen MR) is 61.5 cm³/mol. The summed E-state index contributed by atoms with van der Waals surface area (Å²) in [4.78, 5) is 10.6. The summed E-state index contributed by atoms with van der Waals surface area (Å²) in [7, 11) is 0. The smallest absolute Gasteiger partial charge is 0.371 e. The second-order valence-corrected chi connectivity index (χ2v) is 5.85. The summed E-state index contributed by atoms with van der Waals surface area (Å²) >= 11 is 4.22. The molecule has 2 rings (SSSR count). The number of rotatable bonds is 4. The molecule has 0 aliphatic rings. The number of furan rings is 1. The fourth-order valence-corrected chi connectivity index (χ4v) is 3.23.